The summed E-state index contributed by atoms with van der Waals surface area (Å²) in [5.41, 5.74) is 3.61. The first-order valence-electron chi connectivity index (χ1n) is 6.85. The first-order valence-corrected chi connectivity index (χ1v) is 6.85. The third-order valence-corrected chi connectivity index (χ3v) is 3.69. The summed E-state index contributed by atoms with van der Waals surface area (Å²) in [6.45, 7) is 7.16. The van der Waals surface area contributed by atoms with Crippen molar-refractivity contribution in [3.63, 3.8) is 0 Å². The van der Waals surface area contributed by atoms with Crippen LogP contribution in [0.15, 0.2) is 12.1 Å². The maximum Gasteiger partial charge on any atom is 0.214 e. The monoisotopic (exact) mass is 275 g/mol. The van der Waals surface area contributed by atoms with Crippen LogP contribution in [0.25, 0.3) is 0 Å². The summed E-state index contributed by atoms with van der Waals surface area (Å²) in [7, 11) is 0. The molecule has 0 bridgehead atoms. The molecular formula is C15H19N2O3. The Morgan fingerprint density at radius 2 is 2.30 bits per heavy atom. The molecule has 1 aromatic rings. The van der Waals surface area contributed by atoms with Crippen molar-refractivity contribution in [3.8, 4) is 0 Å². The molecule has 1 unspecified atom stereocenters. The number of rotatable bonds is 6. The lowest BCUT2D eigenvalue weighted by Crippen LogP contribution is -2.22. The number of benzene rings is 1. The lowest BCUT2D eigenvalue weighted by atomic mass is 9.99. The minimum atomic E-state index is -0.634. The molecule has 0 aromatic heterocycles. The van der Waals surface area contributed by atoms with Crippen molar-refractivity contribution >= 4 is 12.0 Å². The van der Waals surface area contributed by atoms with E-state index >= 15 is 0 Å². The molecule has 1 atom stereocenters. The van der Waals surface area contributed by atoms with Gasteiger partial charge in [0.15, 0.2) is 6.29 Å². The predicted molar refractivity (Wildman–Crippen MR) is 77.9 cm³/mol. The molecule has 107 valence electrons. The average Bonchev–Trinajstić information content (AvgIpc) is 2.81. The lowest BCUT2D eigenvalue weighted by Gasteiger charge is -2.20. The summed E-state index contributed by atoms with van der Waals surface area (Å²) in [6.07, 6.45) is 2.88. The Balaban J connectivity index is 2.32. The highest BCUT2D eigenvalue weighted by Crippen LogP contribution is 2.32. The van der Waals surface area contributed by atoms with Crippen LogP contribution in [0.5, 0.6) is 0 Å². The summed E-state index contributed by atoms with van der Waals surface area (Å²) in [5, 5.41) is 10.7. The van der Waals surface area contributed by atoms with Gasteiger partial charge in [-0.3, -0.25) is 14.9 Å². The van der Waals surface area contributed by atoms with E-state index in [0.29, 0.717) is 12.0 Å². The van der Waals surface area contributed by atoms with Crippen LogP contribution in [0.3, 0.4) is 0 Å². The molecule has 0 spiro atoms. The van der Waals surface area contributed by atoms with Gasteiger partial charge in [-0.1, -0.05) is 13.0 Å². The van der Waals surface area contributed by atoms with Gasteiger partial charge in [0, 0.05) is 36.9 Å². The first kappa shape index (κ1) is 14.5. The van der Waals surface area contributed by atoms with Crippen molar-refractivity contribution in [1.29, 1.82) is 0 Å². The Kier molecular flexibility index (Phi) is 4.37. The maximum absolute atomic E-state index is 11.3. The summed E-state index contributed by atoms with van der Waals surface area (Å²) in [4.78, 5) is 23.9. The van der Waals surface area contributed by atoms with Crippen molar-refractivity contribution in [1.82, 2.24) is 0 Å². The predicted octanol–water partition coefficient (Wildman–Crippen LogP) is 2.29. The van der Waals surface area contributed by atoms with Crippen LogP contribution in [0, 0.1) is 17.0 Å². The van der Waals surface area contributed by atoms with E-state index in [2.05, 4.69) is 11.8 Å². The highest BCUT2D eigenvalue weighted by Gasteiger charge is 2.24. The smallest absolute Gasteiger partial charge is 0.214 e. The number of carbonyl (C=O) groups is 1. The van der Waals surface area contributed by atoms with Gasteiger partial charge in [0.2, 0.25) is 6.04 Å². The number of nitrogens with zero attached hydrogens (tertiary/aromatic N) is 2. The zero-order valence-electron chi connectivity index (χ0n) is 11.7. The van der Waals surface area contributed by atoms with Gasteiger partial charge < -0.3 is 4.90 Å². The van der Waals surface area contributed by atoms with Crippen molar-refractivity contribution in [2.24, 2.45) is 0 Å². The molecular weight excluding hydrogens is 256 g/mol. The zero-order chi connectivity index (χ0) is 14.7. The van der Waals surface area contributed by atoms with Gasteiger partial charge in [-0.15, -0.1) is 0 Å². The zero-order valence-corrected chi connectivity index (χ0v) is 11.7. The van der Waals surface area contributed by atoms with Gasteiger partial charge in [-0.25, -0.2) is 0 Å². The number of nitro groups is 1. The molecule has 0 amide bonds. The third-order valence-electron chi connectivity index (χ3n) is 3.69. The number of carbonyl (C=O) groups excluding carboxylic acids is 1. The molecule has 0 fully saturated rings. The molecule has 5 heteroatoms. The largest absolute Gasteiger partial charge is 0.370 e. The molecule has 1 aliphatic heterocycles. The summed E-state index contributed by atoms with van der Waals surface area (Å²) in [6, 6.07) is 3.16. The van der Waals surface area contributed by atoms with Crippen molar-refractivity contribution in [2.75, 3.05) is 18.0 Å². The van der Waals surface area contributed by atoms with E-state index in [1.165, 1.54) is 0 Å². The van der Waals surface area contributed by atoms with Crippen LogP contribution in [0.4, 0.5) is 5.69 Å². The standard InChI is InChI=1S/C15H19N2O3/c1-3-5-16-6-4-13-8-12(7-11(2)17(19)20)9-14(10-18)15(13)16/h8-11H,1,3-7H2,2H3. The fourth-order valence-corrected chi connectivity index (χ4v) is 2.77. The molecule has 1 radical (unpaired) electrons. The normalized spacial score (nSPS) is 15.0. The van der Waals surface area contributed by atoms with Gasteiger partial charge in [0.05, 0.1) is 5.69 Å². The molecule has 0 saturated carbocycles. The van der Waals surface area contributed by atoms with E-state index in [0.717, 1.165) is 49.0 Å². The van der Waals surface area contributed by atoms with Crippen molar-refractivity contribution in [3.05, 3.63) is 45.9 Å². The fourth-order valence-electron chi connectivity index (χ4n) is 2.77. The minimum Gasteiger partial charge on any atom is -0.370 e. The van der Waals surface area contributed by atoms with E-state index < -0.39 is 6.04 Å². The molecule has 1 aliphatic rings. The van der Waals surface area contributed by atoms with Crippen molar-refractivity contribution < 1.29 is 9.72 Å². The summed E-state index contributed by atoms with van der Waals surface area (Å²) >= 11 is 0. The molecule has 0 N–H and O–H groups in total. The Bertz CT molecular complexity index is 528. The van der Waals surface area contributed by atoms with Crippen molar-refractivity contribution in [2.45, 2.75) is 32.2 Å². The number of anilines is 1. The van der Waals surface area contributed by atoms with Gasteiger partial charge in [0.1, 0.15) is 0 Å². The molecule has 2 rings (SSSR count). The van der Waals surface area contributed by atoms with Crippen LogP contribution in [-0.2, 0) is 12.8 Å². The Morgan fingerprint density at radius 1 is 1.55 bits per heavy atom. The quantitative estimate of drug-likeness (QED) is 0.454. The number of hydrogen-bond acceptors (Lipinski definition) is 4. The Labute approximate surface area is 118 Å². The maximum atomic E-state index is 11.3. The SMILES string of the molecule is [CH2]CCN1CCc2cc(CC(C)[N+](=O)[O-])cc(C=O)c21. The Hall–Kier alpha value is -1.91. The van der Waals surface area contributed by atoms with Crippen LogP contribution in [0.2, 0.25) is 0 Å². The molecule has 1 aromatic carbocycles. The molecule has 20 heavy (non-hydrogen) atoms. The third kappa shape index (κ3) is 2.81. The van der Waals surface area contributed by atoms with E-state index in [4.69, 9.17) is 0 Å². The van der Waals surface area contributed by atoms with Gasteiger partial charge >= 0.3 is 0 Å². The second-order valence-electron chi connectivity index (χ2n) is 5.24. The summed E-state index contributed by atoms with van der Waals surface area (Å²) < 4.78 is 0. The minimum absolute atomic E-state index is 0.289. The second kappa shape index (κ2) is 6.03. The molecule has 5 nitrogen and oxygen atoms in total. The highest BCUT2D eigenvalue weighted by molar-refractivity contribution is 5.87. The molecule has 0 saturated heterocycles. The molecule has 0 aliphatic carbocycles. The lowest BCUT2D eigenvalue weighted by molar-refractivity contribution is -0.517. The number of aldehydes is 1. The summed E-state index contributed by atoms with van der Waals surface area (Å²) in [5.74, 6) is 0. The van der Waals surface area contributed by atoms with Crippen LogP contribution in [-0.4, -0.2) is 30.3 Å². The van der Waals surface area contributed by atoms with Gasteiger partial charge in [-0.05, 0) is 30.0 Å². The van der Waals surface area contributed by atoms with Crippen LogP contribution < -0.4 is 4.90 Å². The van der Waals surface area contributed by atoms with E-state index in [9.17, 15) is 14.9 Å². The van der Waals surface area contributed by atoms with Crippen LogP contribution in [0.1, 0.15) is 34.8 Å². The fraction of sp³-hybridized carbons (Fsp3) is 0.467. The van der Waals surface area contributed by atoms with Gasteiger partial charge in [-0.2, -0.15) is 0 Å². The van der Waals surface area contributed by atoms with E-state index in [1.807, 2.05) is 6.07 Å². The van der Waals surface area contributed by atoms with E-state index in [-0.39, 0.29) is 4.92 Å². The van der Waals surface area contributed by atoms with Crippen LogP contribution >= 0.6 is 0 Å². The van der Waals surface area contributed by atoms with E-state index in [1.54, 1.807) is 13.0 Å². The first-order chi connectivity index (χ1) is 9.56. The topological polar surface area (TPSA) is 63.4 Å². The molecule has 1 heterocycles. The number of fused-ring (bicyclic) bond motifs is 1. The number of hydrogen-bond donors (Lipinski definition) is 0. The van der Waals surface area contributed by atoms with Gasteiger partial charge in [0.25, 0.3) is 0 Å². The Morgan fingerprint density at radius 3 is 2.90 bits per heavy atom. The average molecular weight is 275 g/mol. The second-order valence-corrected chi connectivity index (χ2v) is 5.24. The highest BCUT2D eigenvalue weighted by atomic mass is 16.6.